The lowest BCUT2D eigenvalue weighted by molar-refractivity contribution is 0.0690. The highest BCUT2D eigenvalue weighted by atomic mass is 19.1. The van der Waals surface area contributed by atoms with Gasteiger partial charge in [-0.2, -0.15) is 0 Å². The van der Waals surface area contributed by atoms with Crippen molar-refractivity contribution >= 4 is 11.8 Å². The van der Waals surface area contributed by atoms with Gasteiger partial charge in [0.15, 0.2) is 11.6 Å². The molecule has 0 aliphatic rings. The molecule has 0 aliphatic carbocycles. The van der Waals surface area contributed by atoms with Crippen LogP contribution in [0, 0.1) is 5.82 Å². The second kappa shape index (κ2) is 4.12. The van der Waals surface area contributed by atoms with E-state index in [9.17, 15) is 9.18 Å². The van der Waals surface area contributed by atoms with Gasteiger partial charge in [-0.25, -0.2) is 14.2 Å². The van der Waals surface area contributed by atoms with Gasteiger partial charge in [-0.3, -0.25) is 0 Å². The zero-order valence-electron chi connectivity index (χ0n) is 8.46. The largest absolute Gasteiger partial charge is 0.476 e. The fraction of sp³-hybridized carbons (Fsp3) is 0. The molecule has 3 N–H and O–H groups in total. The van der Waals surface area contributed by atoms with Gasteiger partial charge in [0, 0.05) is 5.56 Å². The molecule has 0 bridgehead atoms. The first kappa shape index (κ1) is 10.9. The normalized spacial score (nSPS) is 10.2. The molecule has 0 saturated carbocycles. The van der Waals surface area contributed by atoms with E-state index < -0.39 is 17.5 Å². The second-order valence-corrected chi connectivity index (χ2v) is 3.18. The van der Waals surface area contributed by atoms with Gasteiger partial charge in [-0.1, -0.05) is 0 Å². The van der Waals surface area contributed by atoms with E-state index in [1.807, 2.05) is 0 Å². The van der Waals surface area contributed by atoms with Crippen molar-refractivity contribution in [3.05, 3.63) is 35.8 Å². The molecule has 1 aromatic heterocycles. The van der Waals surface area contributed by atoms with Crippen LogP contribution in [0.1, 0.15) is 10.5 Å². The molecular weight excluding hydrogens is 227 g/mol. The molecule has 0 radical (unpaired) electrons. The predicted octanol–water partition coefficient (Wildman–Crippen LogP) is 0.958. The van der Waals surface area contributed by atoms with Gasteiger partial charge in [0.2, 0.25) is 5.69 Å². The number of nitrogens with zero attached hydrogens (tertiary/aromatic N) is 3. The molecule has 0 amide bonds. The Kier molecular flexibility index (Phi) is 2.65. The van der Waals surface area contributed by atoms with Gasteiger partial charge in [0.25, 0.3) is 0 Å². The highest BCUT2D eigenvalue weighted by molar-refractivity contribution is 5.90. The summed E-state index contributed by atoms with van der Waals surface area (Å²) in [6, 6.07) is 5.37. The molecule has 17 heavy (non-hydrogen) atoms. The number of halogens is 1. The first-order valence-electron chi connectivity index (χ1n) is 4.57. The quantitative estimate of drug-likeness (QED) is 0.802. The highest BCUT2D eigenvalue weighted by Crippen LogP contribution is 2.16. The molecule has 0 unspecified atom stereocenters. The highest BCUT2D eigenvalue weighted by Gasteiger charge is 2.13. The van der Waals surface area contributed by atoms with Crippen LogP contribution in [0.25, 0.3) is 11.4 Å². The average Bonchev–Trinajstić information content (AvgIpc) is 2.29. The van der Waals surface area contributed by atoms with Crippen molar-refractivity contribution in [1.82, 2.24) is 15.2 Å². The van der Waals surface area contributed by atoms with E-state index in [1.54, 1.807) is 0 Å². The Morgan fingerprint density at radius 1 is 1.24 bits per heavy atom. The Labute approximate surface area is 94.9 Å². The Balaban J connectivity index is 2.44. The van der Waals surface area contributed by atoms with Crippen LogP contribution in [0.3, 0.4) is 0 Å². The van der Waals surface area contributed by atoms with Crippen molar-refractivity contribution < 1.29 is 14.3 Å². The molecule has 1 heterocycles. The Hall–Kier alpha value is -2.57. The molecule has 2 aromatic rings. The third-order valence-corrected chi connectivity index (χ3v) is 2.02. The smallest absolute Gasteiger partial charge is 0.360 e. The number of carboxylic acid groups (broad SMARTS) is 1. The number of rotatable bonds is 2. The fourth-order valence-electron chi connectivity index (χ4n) is 1.21. The molecule has 0 fully saturated rings. The SMILES string of the molecule is Nc1nc(-c2ccc(F)cc2)nnc1C(=O)O. The third kappa shape index (κ3) is 2.17. The molecule has 2 rings (SSSR count). The maximum absolute atomic E-state index is 12.7. The van der Waals surface area contributed by atoms with Crippen LogP contribution in [0.4, 0.5) is 10.2 Å². The van der Waals surface area contributed by atoms with Crippen molar-refractivity contribution in [3.63, 3.8) is 0 Å². The van der Waals surface area contributed by atoms with E-state index in [1.165, 1.54) is 24.3 Å². The Morgan fingerprint density at radius 2 is 1.88 bits per heavy atom. The molecule has 0 atom stereocenters. The van der Waals surface area contributed by atoms with Crippen LogP contribution in [-0.2, 0) is 0 Å². The summed E-state index contributed by atoms with van der Waals surface area (Å²) in [7, 11) is 0. The average molecular weight is 234 g/mol. The number of benzene rings is 1. The topological polar surface area (TPSA) is 102 Å². The lowest BCUT2D eigenvalue weighted by atomic mass is 10.2. The van der Waals surface area contributed by atoms with Gasteiger partial charge in [0.1, 0.15) is 5.82 Å². The summed E-state index contributed by atoms with van der Waals surface area (Å²) in [6.07, 6.45) is 0. The first-order valence-corrected chi connectivity index (χ1v) is 4.57. The maximum atomic E-state index is 12.7. The first-order chi connectivity index (χ1) is 8.08. The summed E-state index contributed by atoms with van der Waals surface area (Å²) >= 11 is 0. The zero-order valence-corrected chi connectivity index (χ0v) is 8.46. The number of nitrogens with two attached hydrogens (primary N) is 1. The fourth-order valence-corrected chi connectivity index (χ4v) is 1.21. The van der Waals surface area contributed by atoms with Crippen molar-refractivity contribution in [2.75, 3.05) is 5.73 Å². The molecule has 0 aliphatic heterocycles. The summed E-state index contributed by atoms with van der Waals surface area (Å²) in [4.78, 5) is 14.4. The summed E-state index contributed by atoms with van der Waals surface area (Å²) in [5, 5.41) is 15.8. The summed E-state index contributed by atoms with van der Waals surface area (Å²) in [5.41, 5.74) is 5.52. The van der Waals surface area contributed by atoms with Gasteiger partial charge in [-0.15, -0.1) is 10.2 Å². The molecule has 86 valence electrons. The third-order valence-electron chi connectivity index (χ3n) is 2.02. The molecule has 0 spiro atoms. The van der Waals surface area contributed by atoms with Crippen LogP contribution >= 0.6 is 0 Å². The zero-order chi connectivity index (χ0) is 12.4. The van der Waals surface area contributed by atoms with E-state index >= 15 is 0 Å². The summed E-state index contributed by atoms with van der Waals surface area (Å²) in [5.74, 6) is -1.77. The minimum atomic E-state index is -1.30. The van der Waals surface area contributed by atoms with Gasteiger partial charge >= 0.3 is 5.97 Å². The van der Waals surface area contributed by atoms with E-state index in [4.69, 9.17) is 10.8 Å². The van der Waals surface area contributed by atoms with Gasteiger partial charge in [0.05, 0.1) is 0 Å². The number of hydrogen-bond donors (Lipinski definition) is 2. The lowest BCUT2D eigenvalue weighted by Crippen LogP contribution is -2.10. The standard InChI is InChI=1S/C10H7FN4O2/c11-6-3-1-5(2-4-6)9-13-8(12)7(10(16)17)14-15-9/h1-4H,(H,16,17)(H2,12,13,15). The van der Waals surface area contributed by atoms with Crippen LogP contribution < -0.4 is 5.73 Å². The van der Waals surface area contributed by atoms with E-state index in [0.29, 0.717) is 5.56 Å². The Bertz CT molecular complexity index is 571. The summed E-state index contributed by atoms with van der Waals surface area (Å²) < 4.78 is 12.7. The summed E-state index contributed by atoms with van der Waals surface area (Å²) in [6.45, 7) is 0. The van der Waals surface area contributed by atoms with Crippen LogP contribution in [0.15, 0.2) is 24.3 Å². The van der Waals surface area contributed by atoms with Crippen molar-refractivity contribution in [3.8, 4) is 11.4 Å². The number of anilines is 1. The molecule has 6 nitrogen and oxygen atoms in total. The molecular formula is C10H7FN4O2. The molecule has 7 heteroatoms. The minimum absolute atomic E-state index is 0.146. The van der Waals surface area contributed by atoms with Gasteiger partial charge in [-0.05, 0) is 24.3 Å². The van der Waals surface area contributed by atoms with Crippen molar-refractivity contribution in [2.24, 2.45) is 0 Å². The number of carboxylic acids is 1. The molecule has 1 aromatic carbocycles. The predicted molar refractivity (Wildman–Crippen MR) is 56.6 cm³/mol. The lowest BCUT2D eigenvalue weighted by Gasteiger charge is -2.02. The van der Waals surface area contributed by atoms with E-state index in [-0.39, 0.29) is 11.6 Å². The number of aromatic nitrogens is 3. The monoisotopic (exact) mass is 234 g/mol. The van der Waals surface area contributed by atoms with Crippen LogP contribution in [0.2, 0.25) is 0 Å². The molecule has 0 saturated heterocycles. The maximum Gasteiger partial charge on any atom is 0.360 e. The second-order valence-electron chi connectivity index (χ2n) is 3.18. The Morgan fingerprint density at radius 3 is 2.41 bits per heavy atom. The number of nitrogen functional groups attached to an aromatic ring is 1. The van der Waals surface area contributed by atoms with Crippen LogP contribution in [0.5, 0.6) is 0 Å². The van der Waals surface area contributed by atoms with Crippen LogP contribution in [-0.4, -0.2) is 26.3 Å². The van der Waals surface area contributed by atoms with E-state index in [2.05, 4.69) is 15.2 Å². The van der Waals surface area contributed by atoms with Crippen molar-refractivity contribution in [2.45, 2.75) is 0 Å². The van der Waals surface area contributed by atoms with Crippen molar-refractivity contribution in [1.29, 1.82) is 0 Å². The number of aromatic carboxylic acids is 1. The number of hydrogen-bond acceptors (Lipinski definition) is 5. The van der Waals surface area contributed by atoms with E-state index in [0.717, 1.165) is 0 Å². The van der Waals surface area contributed by atoms with Gasteiger partial charge < -0.3 is 10.8 Å². The number of carbonyl (C=O) groups is 1. The minimum Gasteiger partial charge on any atom is -0.476 e.